The molecule has 1 heterocycles. The maximum Gasteiger partial charge on any atom is 0.416 e. The SMILES string of the molecule is C=C1Cc2ccc(C(F)(F)F)cc2C(=O)NCC(C)(C)/C(=N/OC)CCCOC1=O. The highest BCUT2D eigenvalue weighted by atomic mass is 19.4. The number of alkyl halides is 3. The molecule has 0 fully saturated rings. The molecular formula is C21H25F3N2O4. The molecule has 0 atom stereocenters. The van der Waals surface area contributed by atoms with E-state index in [9.17, 15) is 22.8 Å². The van der Waals surface area contributed by atoms with Crippen molar-refractivity contribution in [2.75, 3.05) is 20.3 Å². The molecule has 30 heavy (non-hydrogen) atoms. The molecule has 0 saturated heterocycles. The van der Waals surface area contributed by atoms with E-state index < -0.39 is 29.0 Å². The van der Waals surface area contributed by atoms with Crippen molar-refractivity contribution in [3.63, 3.8) is 0 Å². The van der Waals surface area contributed by atoms with Crippen molar-refractivity contribution >= 4 is 17.6 Å². The molecular weight excluding hydrogens is 401 g/mol. The lowest BCUT2D eigenvalue weighted by Crippen LogP contribution is -2.39. The largest absolute Gasteiger partial charge is 0.462 e. The Balaban J connectivity index is 2.46. The third-order valence-electron chi connectivity index (χ3n) is 4.84. The van der Waals surface area contributed by atoms with Gasteiger partial charge in [-0.3, -0.25) is 4.79 Å². The van der Waals surface area contributed by atoms with Crippen molar-refractivity contribution < 1.29 is 32.3 Å². The van der Waals surface area contributed by atoms with Crippen LogP contribution < -0.4 is 5.32 Å². The van der Waals surface area contributed by atoms with E-state index in [0.717, 1.165) is 12.1 Å². The summed E-state index contributed by atoms with van der Waals surface area (Å²) in [7, 11) is 1.39. The number of hydrogen-bond donors (Lipinski definition) is 1. The zero-order valence-electron chi connectivity index (χ0n) is 17.2. The molecule has 6 nitrogen and oxygen atoms in total. The van der Waals surface area contributed by atoms with E-state index in [-0.39, 0.29) is 36.3 Å². The average Bonchev–Trinajstić information content (AvgIpc) is 2.67. The molecule has 2 rings (SSSR count). The van der Waals surface area contributed by atoms with Crippen LogP contribution in [0.3, 0.4) is 0 Å². The highest BCUT2D eigenvalue weighted by Crippen LogP contribution is 2.31. The summed E-state index contributed by atoms with van der Waals surface area (Å²) in [5, 5.41) is 6.70. The van der Waals surface area contributed by atoms with Gasteiger partial charge in [-0.05, 0) is 30.5 Å². The van der Waals surface area contributed by atoms with E-state index >= 15 is 0 Å². The Morgan fingerprint density at radius 2 is 1.97 bits per heavy atom. The molecule has 1 amide bonds. The number of esters is 1. The number of nitrogens with one attached hydrogen (secondary N) is 1. The third-order valence-corrected chi connectivity index (χ3v) is 4.84. The molecule has 0 spiro atoms. The van der Waals surface area contributed by atoms with Crippen LogP contribution in [0.25, 0.3) is 0 Å². The number of benzene rings is 1. The second-order valence-electron chi connectivity index (χ2n) is 7.68. The van der Waals surface area contributed by atoms with Crippen LogP contribution in [0, 0.1) is 5.41 Å². The Morgan fingerprint density at radius 3 is 2.60 bits per heavy atom. The summed E-state index contributed by atoms with van der Waals surface area (Å²) in [6.45, 7) is 7.58. The van der Waals surface area contributed by atoms with E-state index in [1.165, 1.54) is 13.2 Å². The number of halogens is 3. The van der Waals surface area contributed by atoms with Crippen LogP contribution in [0.4, 0.5) is 13.2 Å². The standard InChI is InChI=1S/C21H25F3N2O4/c1-13-10-14-7-8-15(21(22,23)24)11-16(14)18(27)25-12-20(2,3)17(26-29-4)6-5-9-30-19(13)28/h7-8,11H,1,5-6,9-10,12H2,2-4H3,(H,25,27)/b26-17+. The van der Waals surface area contributed by atoms with Crippen LogP contribution in [0.5, 0.6) is 0 Å². The third kappa shape index (κ3) is 5.84. The second-order valence-corrected chi connectivity index (χ2v) is 7.68. The molecule has 9 heteroatoms. The smallest absolute Gasteiger partial charge is 0.416 e. The summed E-state index contributed by atoms with van der Waals surface area (Å²) >= 11 is 0. The van der Waals surface area contributed by atoms with E-state index in [1.807, 2.05) is 13.8 Å². The van der Waals surface area contributed by atoms with E-state index in [0.29, 0.717) is 18.6 Å². The lowest BCUT2D eigenvalue weighted by molar-refractivity contribution is -0.139. The zero-order chi connectivity index (χ0) is 22.5. The number of ether oxygens (including phenoxy) is 1. The van der Waals surface area contributed by atoms with Crippen LogP contribution in [0.2, 0.25) is 0 Å². The summed E-state index contributed by atoms with van der Waals surface area (Å²) in [5.41, 5.74) is -0.828. The Labute approximate surface area is 173 Å². The van der Waals surface area contributed by atoms with Crippen LogP contribution in [-0.2, 0) is 27.0 Å². The molecule has 0 unspecified atom stereocenters. The molecule has 1 aliphatic heterocycles. The molecule has 0 saturated carbocycles. The predicted molar refractivity (Wildman–Crippen MR) is 105 cm³/mol. The summed E-state index contributed by atoms with van der Waals surface area (Å²) in [4.78, 5) is 29.9. The number of carbonyl (C=O) groups excluding carboxylic acids is 2. The van der Waals surface area contributed by atoms with Gasteiger partial charge in [0.05, 0.1) is 17.9 Å². The lowest BCUT2D eigenvalue weighted by atomic mass is 9.84. The van der Waals surface area contributed by atoms with E-state index in [4.69, 9.17) is 9.57 Å². The van der Waals surface area contributed by atoms with E-state index in [2.05, 4.69) is 17.1 Å². The fourth-order valence-corrected chi connectivity index (χ4v) is 3.04. The number of amides is 1. The first-order valence-electron chi connectivity index (χ1n) is 9.39. The van der Waals surface area contributed by atoms with Gasteiger partial charge in [0.15, 0.2) is 0 Å². The Bertz CT molecular complexity index is 860. The Hall–Kier alpha value is -2.84. The van der Waals surface area contributed by atoms with Gasteiger partial charge in [-0.25, -0.2) is 4.79 Å². The molecule has 0 radical (unpaired) electrons. The molecule has 1 aromatic rings. The van der Waals surface area contributed by atoms with Crippen molar-refractivity contribution in [3.05, 3.63) is 47.0 Å². The van der Waals surface area contributed by atoms with Gasteiger partial charge in [0.2, 0.25) is 0 Å². The van der Waals surface area contributed by atoms with Crippen LogP contribution in [0.15, 0.2) is 35.5 Å². The first kappa shape index (κ1) is 23.4. The summed E-state index contributed by atoms with van der Waals surface area (Å²) in [6, 6.07) is 2.85. The van der Waals surface area contributed by atoms with Gasteiger partial charge >= 0.3 is 12.1 Å². The maximum absolute atomic E-state index is 13.2. The van der Waals surface area contributed by atoms with Gasteiger partial charge in [-0.15, -0.1) is 0 Å². The fourth-order valence-electron chi connectivity index (χ4n) is 3.04. The fraction of sp³-hybridized carbons (Fsp3) is 0.476. The van der Waals surface area contributed by atoms with E-state index in [1.54, 1.807) is 0 Å². The van der Waals surface area contributed by atoms with Crippen molar-refractivity contribution in [1.82, 2.24) is 5.32 Å². The number of rotatable bonds is 1. The molecule has 0 aliphatic carbocycles. The normalized spacial score (nSPS) is 20.1. The van der Waals surface area contributed by atoms with Gasteiger partial charge in [0, 0.05) is 29.5 Å². The average molecular weight is 426 g/mol. The van der Waals surface area contributed by atoms with Crippen LogP contribution in [-0.4, -0.2) is 37.8 Å². The summed E-state index contributed by atoms with van der Waals surface area (Å²) in [5.74, 6) is -1.35. The zero-order valence-corrected chi connectivity index (χ0v) is 17.2. The summed E-state index contributed by atoms with van der Waals surface area (Å²) in [6.07, 6.45) is -3.77. The number of cyclic esters (lactones) is 1. The highest BCUT2D eigenvalue weighted by molar-refractivity contribution is 5.98. The number of carbonyl (C=O) groups is 2. The molecule has 1 aliphatic rings. The van der Waals surface area contributed by atoms with Gasteiger partial charge in [-0.1, -0.05) is 31.6 Å². The topological polar surface area (TPSA) is 77.0 Å². The first-order valence-corrected chi connectivity index (χ1v) is 9.39. The molecule has 164 valence electrons. The van der Waals surface area contributed by atoms with Gasteiger partial charge in [0.25, 0.3) is 5.91 Å². The van der Waals surface area contributed by atoms with Crippen LogP contribution >= 0.6 is 0 Å². The Morgan fingerprint density at radius 1 is 1.27 bits per heavy atom. The lowest BCUT2D eigenvalue weighted by Gasteiger charge is -2.27. The highest BCUT2D eigenvalue weighted by Gasteiger charge is 2.33. The molecule has 1 N–H and O–H groups in total. The minimum atomic E-state index is -4.61. The maximum atomic E-state index is 13.2. The number of oxime groups is 1. The Kier molecular flexibility index (Phi) is 7.28. The van der Waals surface area contributed by atoms with Crippen LogP contribution in [0.1, 0.15) is 48.2 Å². The van der Waals surface area contributed by atoms with Crippen molar-refractivity contribution in [1.29, 1.82) is 0 Å². The number of hydrogen-bond acceptors (Lipinski definition) is 5. The monoisotopic (exact) mass is 426 g/mol. The molecule has 0 bridgehead atoms. The van der Waals surface area contributed by atoms with Gasteiger partial charge < -0.3 is 14.9 Å². The minimum absolute atomic E-state index is 0.0481. The van der Waals surface area contributed by atoms with Crippen molar-refractivity contribution in [2.45, 2.75) is 39.3 Å². The van der Waals surface area contributed by atoms with Crippen molar-refractivity contribution in [2.24, 2.45) is 10.6 Å². The molecule has 0 aromatic heterocycles. The molecule has 1 aromatic carbocycles. The minimum Gasteiger partial charge on any atom is -0.462 e. The predicted octanol–water partition coefficient (Wildman–Crippen LogP) is 3.90. The summed E-state index contributed by atoms with van der Waals surface area (Å²) < 4.78 is 44.7. The second kappa shape index (κ2) is 9.32. The van der Waals surface area contributed by atoms with Crippen molar-refractivity contribution in [3.8, 4) is 0 Å². The quantitative estimate of drug-likeness (QED) is 0.420. The number of nitrogens with zero attached hydrogens (tertiary/aromatic N) is 1. The number of fused-ring (bicyclic) bond motifs is 1. The van der Waals surface area contributed by atoms with Gasteiger partial charge in [0.1, 0.15) is 7.11 Å². The van der Waals surface area contributed by atoms with Gasteiger partial charge in [-0.2, -0.15) is 13.2 Å². The first-order chi connectivity index (χ1) is 14.0.